The summed E-state index contributed by atoms with van der Waals surface area (Å²) in [5, 5.41) is 13.6. The third-order valence-corrected chi connectivity index (χ3v) is 8.05. The van der Waals surface area contributed by atoms with Crippen molar-refractivity contribution in [1.82, 2.24) is 30.9 Å². The lowest BCUT2D eigenvalue weighted by molar-refractivity contribution is 0.0908. The molecule has 3 amide bonds. The first-order valence-electron chi connectivity index (χ1n) is 12.3. The number of nitrogens with zero attached hydrogens (tertiary/aromatic N) is 3. The lowest BCUT2D eigenvalue weighted by Gasteiger charge is -2.21. The van der Waals surface area contributed by atoms with Gasteiger partial charge in [-0.05, 0) is 24.7 Å². The van der Waals surface area contributed by atoms with E-state index in [1.807, 2.05) is 41.5 Å². The highest BCUT2D eigenvalue weighted by atomic mass is 32.1. The number of aryl methyl sites for hydroxylation is 1. The molecular weight excluding hydrogens is 512 g/mol. The lowest BCUT2D eigenvalue weighted by atomic mass is 10.0. The van der Waals surface area contributed by atoms with Crippen LogP contribution < -0.4 is 16.0 Å². The lowest BCUT2D eigenvalue weighted by Crippen LogP contribution is -2.34. The van der Waals surface area contributed by atoms with Crippen LogP contribution in [0.15, 0.2) is 15.2 Å². The Labute approximate surface area is 223 Å². The number of fused-ring (bicyclic) bond motifs is 6. The summed E-state index contributed by atoms with van der Waals surface area (Å²) in [6.45, 7) is 13.4. The normalized spacial score (nSPS) is 21.0. The standard InChI is InChI=1S/C25H32N6O4S2/c1-10(2)16-23-31-19(13(7)35-23)22(34)30-18(12(5)6)25-27-15(9-37-25)21(33)29-17(11(3)4)24-26-14(8-36-24)20(32)28-16/h8-12,16-18H,1-7H3,(H,28,32)(H,29,33)(H,30,34)/t16-,17-,18-/m0/s1. The van der Waals surface area contributed by atoms with Gasteiger partial charge in [0.25, 0.3) is 17.7 Å². The fraction of sp³-hybridized carbons (Fsp3) is 0.520. The van der Waals surface area contributed by atoms with Crippen LogP contribution in [0.5, 0.6) is 0 Å². The first-order chi connectivity index (χ1) is 17.5. The predicted octanol–water partition coefficient (Wildman–Crippen LogP) is 4.59. The van der Waals surface area contributed by atoms with Gasteiger partial charge in [0.1, 0.15) is 33.2 Å². The van der Waals surface area contributed by atoms with Gasteiger partial charge in [0.05, 0.1) is 12.1 Å². The molecule has 6 bridgehead atoms. The quantitative estimate of drug-likeness (QED) is 0.438. The van der Waals surface area contributed by atoms with E-state index in [1.165, 1.54) is 22.7 Å². The highest BCUT2D eigenvalue weighted by molar-refractivity contribution is 7.10. The molecular formula is C25H32N6O4S2. The number of aromatic nitrogens is 3. The molecule has 3 aromatic heterocycles. The van der Waals surface area contributed by atoms with Gasteiger partial charge in [-0.2, -0.15) is 0 Å². The van der Waals surface area contributed by atoms with E-state index in [0.717, 1.165) is 0 Å². The molecule has 0 unspecified atom stereocenters. The SMILES string of the molecule is Cc1oc2nc1C(=O)N[C@@H](C(C)C)c1nc(cs1)C(=O)N[C@@H](C(C)C)c1nc(cs1)C(=O)N[C@H]2C(C)C. The first kappa shape index (κ1) is 26.9. The van der Waals surface area contributed by atoms with Crippen LogP contribution in [0.2, 0.25) is 0 Å². The van der Waals surface area contributed by atoms with E-state index in [9.17, 15) is 14.4 Å². The third-order valence-electron chi connectivity index (χ3n) is 6.20. The Morgan fingerprint density at radius 1 is 0.703 bits per heavy atom. The molecule has 3 N–H and O–H groups in total. The topological polar surface area (TPSA) is 139 Å². The molecule has 0 radical (unpaired) electrons. The number of rotatable bonds is 3. The van der Waals surface area contributed by atoms with E-state index in [2.05, 4.69) is 30.9 Å². The van der Waals surface area contributed by atoms with E-state index in [0.29, 0.717) is 15.8 Å². The van der Waals surface area contributed by atoms with Crippen LogP contribution in [-0.4, -0.2) is 32.7 Å². The maximum Gasteiger partial charge on any atom is 0.274 e. The number of amides is 3. The summed E-state index contributed by atoms with van der Waals surface area (Å²) in [6.07, 6.45) is 0. The van der Waals surface area contributed by atoms with Gasteiger partial charge in [0.15, 0.2) is 5.69 Å². The molecule has 1 aliphatic rings. The minimum atomic E-state index is -0.570. The summed E-state index contributed by atoms with van der Waals surface area (Å²) < 4.78 is 5.87. The molecule has 3 atom stereocenters. The molecule has 12 heteroatoms. The molecule has 1 aliphatic heterocycles. The van der Waals surface area contributed by atoms with Crippen molar-refractivity contribution in [2.45, 2.75) is 66.6 Å². The van der Waals surface area contributed by atoms with Gasteiger partial charge in [-0.3, -0.25) is 14.4 Å². The van der Waals surface area contributed by atoms with Crippen LogP contribution in [0, 0.1) is 24.7 Å². The monoisotopic (exact) mass is 544 g/mol. The van der Waals surface area contributed by atoms with E-state index < -0.39 is 24.0 Å². The molecule has 198 valence electrons. The Kier molecular flexibility index (Phi) is 7.79. The molecule has 0 aliphatic carbocycles. The number of hydrogen-bond acceptors (Lipinski definition) is 9. The Hall–Kier alpha value is -3.12. The molecule has 3 aromatic rings. The second-order valence-corrected chi connectivity index (χ2v) is 12.0. The van der Waals surface area contributed by atoms with Crippen molar-refractivity contribution in [3.8, 4) is 0 Å². The molecule has 0 aromatic carbocycles. The van der Waals surface area contributed by atoms with E-state index in [1.54, 1.807) is 17.7 Å². The molecule has 4 heterocycles. The highest BCUT2D eigenvalue weighted by Gasteiger charge is 2.31. The highest BCUT2D eigenvalue weighted by Crippen LogP contribution is 2.30. The molecule has 0 fully saturated rings. The number of hydrogen-bond donors (Lipinski definition) is 3. The van der Waals surface area contributed by atoms with Crippen molar-refractivity contribution >= 4 is 40.4 Å². The summed E-state index contributed by atoms with van der Waals surface area (Å²) in [5.74, 6) is -0.572. The van der Waals surface area contributed by atoms with Crippen molar-refractivity contribution < 1.29 is 18.8 Å². The maximum absolute atomic E-state index is 13.3. The van der Waals surface area contributed by atoms with E-state index in [-0.39, 0.29) is 52.5 Å². The van der Waals surface area contributed by atoms with Crippen LogP contribution in [0.1, 0.15) is 113 Å². The Morgan fingerprint density at radius 2 is 1.14 bits per heavy atom. The van der Waals surface area contributed by atoms with Crippen molar-refractivity contribution in [2.24, 2.45) is 17.8 Å². The van der Waals surface area contributed by atoms with E-state index >= 15 is 0 Å². The fourth-order valence-electron chi connectivity index (χ4n) is 4.01. The number of carbonyl (C=O) groups excluding carboxylic acids is 3. The average Bonchev–Trinajstić information content (AvgIpc) is 3.57. The number of carbonyl (C=O) groups is 3. The van der Waals surface area contributed by atoms with E-state index in [4.69, 9.17) is 4.42 Å². The smallest absolute Gasteiger partial charge is 0.274 e. The minimum absolute atomic E-state index is 0.00291. The Morgan fingerprint density at radius 3 is 1.59 bits per heavy atom. The maximum atomic E-state index is 13.3. The second-order valence-electron chi connectivity index (χ2n) is 10.2. The summed E-state index contributed by atoms with van der Waals surface area (Å²) in [7, 11) is 0. The van der Waals surface area contributed by atoms with Crippen molar-refractivity contribution in [2.75, 3.05) is 0 Å². The molecule has 4 rings (SSSR count). The second kappa shape index (κ2) is 10.7. The van der Waals surface area contributed by atoms with Crippen LogP contribution in [0.25, 0.3) is 0 Å². The van der Waals surface area contributed by atoms with Gasteiger partial charge in [-0.15, -0.1) is 22.7 Å². The van der Waals surface area contributed by atoms with Crippen LogP contribution >= 0.6 is 22.7 Å². The molecule has 10 nitrogen and oxygen atoms in total. The van der Waals surface area contributed by atoms with Gasteiger partial charge in [0, 0.05) is 10.8 Å². The van der Waals surface area contributed by atoms with Crippen molar-refractivity contribution in [3.63, 3.8) is 0 Å². The molecule has 37 heavy (non-hydrogen) atoms. The van der Waals surface area contributed by atoms with Gasteiger partial charge in [-0.1, -0.05) is 41.5 Å². The van der Waals surface area contributed by atoms with Crippen LogP contribution in [0.4, 0.5) is 0 Å². The molecule has 0 spiro atoms. The van der Waals surface area contributed by atoms with Gasteiger partial charge < -0.3 is 20.4 Å². The summed E-state index contributed by atoms with van der Waals surface area (Å²) >= 11 is 2.63. The number of thiazole rings is 2. The largest absolute Gasteiger partial charge is 0.443 e. The van der Waals surface area contributed by atoms with Gasteiger partial charge >= 0.3 is 0 Å². The summed E-state index contributed by atoms with van der Waals surface area (Å²) in [4.78, 5) is 53.1. The Balaban J connectivity index is 1.81. The van der Waals surface area contributed by atoms with Gasteiger partial charge in [0.2, 0.25) is 5.89 Å². The van der Waals surface area contributed by atoms with Crippen LogP contribution in [-0.2, 0) is 0 Å². The number of oxazole rings is 1. The zero-order valence-electron chi connectivity index (χ0n) is 21.9. The van der Waals surface area contributed by atoms with Crippen molar-refractivity contribution in [1.29, 1.82) is 0 Å². The zero-order valence-corrected chi connectivity index (χ0v) is 23.5. The zero-order chi connectivity index (χ0) is 27.0. The third kappa shape index (κ3) is 5.59. The number of nitrogens with one attached hydrogen (secondary N) is 3. The summed E-state index contributed by atoms with van der Waals surface area (Å²) in [5.41, 5.74) is 0.649. The van der Waals surface area contributed by atoms with Crippen molar-refractivity contribution in [3.05, 3.63) is 49.5 Å². The predicted molar refractivity (Wildman–Crippen MR) is 141 cm³/mol. The molecule has 0 saturated carbocycles. The fourth-order valence-corrected chi connectivity index (χ4v) is 6.05. The average molecular weight is 545 g/mol. The Bertz CT molecular complexity index is 1310. The van der Waals surface area contributed by atoms with Gasteiger partial charge in [-0.25, -0.2) is 15.0 Å². The molecule has 0 saturated heterocycles. The summed E-state index contributed by atoms with van der Waals surface area (Å²) in [6, 6.07) is -1.40. The first-order valence-corrected chi connectivity index (χ1v) is 14.0. The van der Waals surface area contributed by atoms with Crippen LogP contribution in [0.3, 0.4) is 0 Å². The minimum Gasteiger partial charge on any atom is -0.443 e.